The van der Waals surface area contributed by atoms with Crippen LogP contribution in [-0.2, 0) is 11.2 Å². The van der Waals surface area contributed by atoms with Crippen LogP contribution >= 0.6 is 11.3 Å². The van der Waals surface area contributed by atoms with Crippen LogP contribution in [0.25, 0.3) is 20.5 Å². The van der Waals surface area contributed by atoms with Crippen LogP contribution in [0.4, 0.5) is 4.79 Å². The third kappa shape index (κ3) is 3.52. The molecule has 5 heteroatoms. The van der Waals surface area contributed by atoms with Gasteiger partial charge in [-0.05, 0) is 84.0 Å². The number of nitrogens with zero attached hydrogens (tertiary/aromatic N) is 1. The van der Waals surface area contributed by atoms with Gasteiger partial charge in [-0.15, -0.1) is 11.3 Å². The Morgan fingerprint density at radius 2 is 1.94 bits per heavy atom. The number of piperidine rings is 3. The number of thiophene rings is 1. The second-order valence-corrected chi connectivity index (χ2v) is 11.5. The van der Waals surface area contributed by atoms with Crippen molar-refractivity contribution in [3.8, 4) is 10.4 Å². The molecule has 1 unspecified atom stereocenters. The highest BCUT2D eigenvalue weighted by Gasteiger charge is 2.42. The predicted molar refractivity (Wildman–Crippen MR) is 130 cm³/mol. The summed E-state index contributed by atoms with van der Waals surface area (Å²) >= 11 is 1.84. The highest BCUT2D eigenvalue weighted by Crippen LogP contribution is 2.47. The van der Waals surface area contributed by atoms with Crippen molar-refractivity contribution < 1.29 is 9.53 Å². The lowest BCUT2D eigenvalue weighted by Crippen LogP contribution is -2.53. The van der Waals surface area contributed by atoms with Crippen LogP contribution in [0.15, 0.2) is 48.5 Å². The Morgan fingerprint density at radius 3 is 2.69 bits per heavy atom. The highest BCUT2D eigenvalue weighted by atomic mass is 32.1. The van der Waals surface area contributed by atoms with Gasteiger partial charge in [-0.3, -0.25) is 4.90 Å². The summed E-state index contributed by atoms with van der Waals surface area (Å²) in [6.07, 6.45) is 3.03. The third-order valence-corrected chi connectivity index (χ3v) is 8.87. The molecule has 3 fully saturated rings. The quantitative estimate of drug-likeness (QED) is 0.535. The number of amides is 1. The molecule has 1 aromatic heterocycles. The minimum Gasteiger partial charge on any atom is -0.445 e. The monoisotopic (exact) mass is 446 g/mol. The molecule has 3 aromatic rings. The Kier molecular flexibility index (Phi) is 4.81. The zero-order valence-corrected chi connectivity index (χ0v) is 19.6. The Morgan fingerprint density at radius 1 is 1.12 bits per heavy atom. The first kappa shape index (κ1) is 20.3. The molecular weight excluding hydrogens is 416 g/mol. The molecule has 1 aliphatic carbocycles. The second-order valence-electron chi connectivity index (χ2n) is 10.4. The van der Waals surface area contributed by atoms with Gasteiger partial charge in [0.1, 0.15) is 6.10 Å². The van der Waals surface area contributed by atoms with Gasteiger partial charge in [0.15, 0.2) is 0 Å². The normalized spacial score (nSPS) is 27.9. The third-order valence-electron chi connectivity index (χ3n) is 7.71. The summed E-state index contributed by atoms with van der Waals surface area (Å²) in [6.45, 7) is 7.67. The summed E-state index contributed by atoms with van der Waals surface area (Å²) in [5, 5.41) is 4.53. The van der Waals surface area contributed by atoms with Gasteiger partial charge in [0.2, 0.25) is 0 Å². The molecule has 3 aliphatic heterocycles. The SMILES string of the molecule is CC1(C)Cc2cc(-c3cc4ccccc4s3)ccc2C1NC(=O)O[C@@H]1CN2CCC1CC2. The molecule has 4 aliphatic rings. The number of rotatable bonds is 3. The molecule has 166 valence electrons. The number of nitrogens with one attached hydrogen (secondary N) is 1. The van der Waals surface area contributed by atoms with E-state index in [-0.39, 0.29) is 23.7 Å². The van der Waals surface area contributed by atoms with Crippen LogP contribution in [0.5, 0.6) is 0 Å². The Labute approximate surface area is 193 Å². The maximum atomic E-state index is 12.9. The topological polar surface area (TPSA) is 41.6 Å². The van der Waals surface area contributed by atoms with Gasteiger partial charge < -0.3 is 10.1 Å². The van der Waals surface area contributed by atoms with E-state index in [2.05, 4.69) is 72.6 Å². The summed E-state index contributed by atoms with van der Waals surface area (Å²) in [5.74, 6) is 0.526. The summed E-state index contributed by atoms with van der Waals surface area (Å²) in [4.78, 5) is 16.6. The van der Waals surface area contributed by atoms with E-state index < -0.39 is 0 Å². The minimum absolute atomic E-state index is 0.0254. The molecule has 7 rings (SSSR count). The first-order valence-corrected chi connectivity index (χ1v) is 12.6. The molecular formula is C27H30N2O2S. The van der Waals surface area contributed by atoms with Gasteiger partial charge >= 0.3 is 6.09 Å². The summed E-state index contributed by atoms with van der Waals surface area (Å²) in [5.41, 5.74) is 3.77. The van der Waals surface area contributed by atoms with Gasteiger partial charge in [0.05, 0.1) is 6.04 Å². The van der Waals surface area contributed by atoms with Crippen molar-refractivity contribution in [2.24, 2.45) is 11.3 Å². The Bertz CT molecular complexity index is 1140. The number of fused-ring (bicyclic) bond motifs is 5. The van der Waals surface area contributed by atoms with Gasteiger partial charge in [0, 0.05) is 16.1 Å². The van der Waals surface area contributed by atoms with Crippen molar-refractivity contribution in [3.63, 3.8) is 0 Å². The molecule has 0 spiro atoms. The summed E-state index contributed by atoms with van der Waals surface area (Å²) < 4.78 is 7.25. The van der Waals surface area contributed by atoms with E-state index >= 15 is 0 Å². The molecule has 0 saturated carbocycles. The van der Waals surface area contributed by atoms with Crippen LogP contribution in [0, 0.1) is 11.3 Å². The zero-order valence-electron chi connectivity index (χ0n) is 18.8. The standard InChI is InChI=1S/C27H30N2O2S/c1-27(2)15-20-13-19(24-14-18-5-3-4-6-23(18)32-24)7-8-21(20)25(27)28-26(30)31-22-16-29-11-9-17(22)10-12-29/h3-8,13-14,17,22,25H,9-12,15-16H2,1-2H3,(H,28,30)/t22-,25?/m1/s1. The van der Waals surface area contributed by atoms with E-state index in [0.717, 1.165) is 38.9 Å². The second kappa shape index (κ2) is 7.60. The smallest absolute Gasteiger partial charge is 0.407 e. The van der Waals surface area contributed by atoms with Crippen molar-refractivity contribution >= 4 is 27.5 Å². The number of carbonyl (C=O) groups excluding carboxylic acids is 1. The number of hydrogen-bond acceptors (Lipinski definition) is 4. The van der Waals surface area contributed by atoms with E-state index in [0.29, 0.717) is 5.92 Å². The lowest BCUT2D eigenvalue weighted by Gasteiger charge is -2.44. The molecule has 2 aromatic carbocycles. The molecule has 32 heavy (non-hydrogen) atoms. The fraction of sp³-hybridized carbons (Fsp3) is 0.444. The molecule has 2 bridgehead atoms. The number of alkyl carbamates (subject to hydrolysis) is 1. The van der Waals surface area contributed by atoms with Crippen LogP contribution in [0.1, 0.15) is 43.9 Å². The van der Waals surface area contributed by atoms with Crippen LogP contribution in [-0.4, -0.2) is 36.7 Å². The maximum absolute atomic E-state index is 12.9. The fourth-order valence-corrected chi connectivity index (χ4v) is 7.00. The average molecular weight is 447 g/mol. The van der Waals surface area contributed by atoms with E-state index in [9.17, 15) is 4.79 Å². The summed E-state index contributed by atoms with van der Waals surface area (Å²) in [7, 11) is 0. The summed E-state index contributed by atoms with van der Waals surface area (Å²) in [6, 6.07) is 17.5. The maximum Gasteiger partial charge on any atom is 0.407 e. The first-order chi connectivity index (χ1) is 15.5. The van der Waals surface area contributed by atoms with Gasteiger partial charge in [0.25, 0.3) is 0 Å². The number of benzene rings is 2. The van der Waals surface area contributed by atoms with E-state index in [1.807, 2.05) is 11.3 Å². The van der Waals surface area contributed by atoms with E-state index in [4.69, 9.17) is 4.74 Å². The highest BCUT2D eigenvalue weighted by molar-refractivity contribution is 7.22. The van der Waals surface area contributed by atoms with Gasteiger partial charge in [-0.25, -0.2) is 4.79 Å². The number of carbonyl (C=O) groups is 1. The van der Waals surface area contributed by atoms with E-state index in [1.54, 1.807) is 0 Å². The van der Waals surface area contributed by atoms with E-state index in [1.165, 1.54) is 31.7 Å². The van der Waals surface area contributed by atoms with Crippen molar-refractivity contribution in [2.45, 2.75) is 45.3 Å². The lowest BCUT2D eigenvalue weighted by atomic mass is 9.85. The van der Waals surface area contributed by atoms with Gasteiger partial charge in [-0.2, -0.15) is 0 Å². The Hall–Kier alpha value is -2.37. The van der Waals surface area contributed by atoms with Crippen LogP contribution in [0.3, 0.4) is 0 Å². The van der Waals surface area contributed by atoms with Crippen molar-refractivity contribution in [1.29, 1.82) is 0 Å². The lowest BCUT2D eigenvalue weighted by molar-refractivity contribution is -0.0348. The largest absolute Gasteiger partial charge is 0.445 e. The van der Waals surface area contributed by atoms with Crippen molar-refractivity contribution in [1.82, 2.24) is 10.2 Å². The number of hydrogen-bond donors (Lipinski definition) is 1. The molecule has 0 radical (unpaired) electrons. The van der Waals surface area contributed by atoms with Gasteiger partial charge in [-0.1, -0.05) is 44.2 Å². The van der Waals surface area contributed by atoms with Crippen molar-refractivity contribution in [3.05, 3.63) is 59.7 Å². The molecule has 3 saturated heterocycles. The van der Waals surface area contributed by atoms with Crippen molar-refractivity contribution in [2.75, 3.05) is 19.6 Å². The van der Waals surface area contributed by atoms with Crippen LogP contribution < -0.4 is 5.32 Å². The minimum atomic E-state index is -0.261. The number of ether oxygens (including phenoxy) is 1. The molecule has 2 atom stereocenters. The molecule has 1 N–H and O–H groups in total. The fourth-order valence-electron chi connectivity index (χ4n) is 5.94. The van der Waals surface area contributed by atoms with Crippen LogP contribution in [0.2, 0.25) is 0 Å². The first-order valence-electron chi connectivity index (χ1n) is 11.8. The molecule has 4 heterocycles. The molecule has 4 nitrogen and oxygen atoms in total. The predicted octanol–water partition coefficient (Wildman–Crippen LogP) is 6.01. The molecule has 1 amide bonds. The average Bonchev–Trinajstić information content (AvgIpc) is 3.32. The Balaban J connectivity index is 1.22. The zero-order chi connectivity index (χ0) is 21.9.